The first kappa shape index (κ1) is 16.6. The zero-order valence-corrected chi connectivity index (χ0v) is 13.9. The number of hydrogen-bond acceptors (Lipinski definition) is 5. The Morgan fingerprint density at radius 1 is 1.50 bits per heavy atom. The number of nitrogens with one attached hydrogen (secondary N) is 1. The van der Waals surface area contributed by atoms with E-state index in [9.17, 15) is 0 Å². The lowest BCUT2D eigenvalue weighted by Gasteiger charge is -2.47. The summed E-state index contributed by atoms with van der Waals surface area (Å²) in [6.07, 6.45) is 5.33. The highest BCUT2D eigenvalue weighted by Gasteiger charge is 2.47. The zero-order valence-electron chi connectivity index (χ0n) is 13.1. The first-order valence-electron chi connectivity index (χ1n) is 7.88. The van der Waals surface area contributed by atoms with Crippen LogP contribution in [0.5, 0.6) is 0 Å². The van der Waals surface area contributed by atoms with Crippen molar-refractivity contribution in [3.63, 3.8) is 0 Å². The second kappa shape index (κ2) is 6.97. The minimum absolute atomic E-state index is 0.101. The molecule has 4 nitrogen and oxygen atoms in total. The summed E-state index contributed by atoms with van der Waals surface area (Å²) in [5.74, 6) is 8.83. The fourth-order valence-corrected chi connectivity index (χ4v) is 5.41. The van der Waals surface area contributed by atoms with Gasteiger partial charge in [-0.3, -0.25) is 11.3 Å². The van der Waals surface area contributed by atoms with Crippen molar-refractivity contribution in [3.05, 3.63) is 0 Å². The van der Waals surface area contributed by atoms with E-state index in [0.29, 0.717) is 5.92 Å². The van der Waals surface area contributed by atoms with Gasteiger partial charge in [0.2, 0.25) is 0 Å². The second-order valence-corrected chi connectivity index (χ2v) is 7.31. The van der Waals surface area contributed by atoms with E-state index in [1.165, 1.54) is 12.2 Å². The zero-order chi connectivity index (χ0) is 14.6. The lowest BCUT2D eigenvalue weighted by atomic mass is 9.73. The molecule has 0 aliphatic carbocycles. The molecule has 3 unspecified atom stereocenters. The van der Waals surface area contributed by atoms with Crippen molar-refractivity contribution in [3.8, 4) is 0 Å². The Hall–Kier alpha value is 0.190. The standard InChI is InChI=1S/C15H30N2O2S/c1-4-15(5-2,18-3)13(17-16)12-6-8-19-14(10-12)7-9-20-11-14/h12-13,17H,4-11,16H2,1-3H3. The van der Waals surface area contributed by atoms with Gasteiger partial charge in [0.15, 0.2) is 0 Å². The Morgan fingerprint density at radius 2 is 2.25 bits per heavy atom. The summed E-state index contributed by atoms with van der Waals surface area (Å²) >= 11 is 2.02. The summed E-state index contributed by atoms with van der Waals surface area (Å²) in [6, 6.07) is 0.203. The topological polar surface area (TPSA) is 56.5 Å². The van der Waals surface area contributed by atoms with Crippen LogP contribution in [0, 0.1) is 5.92 Å². The molecule has 0 radical (unpaired) electrons. The number of rotatable bonds is 6. The molecular formula is C15H30N2O2S. The number of ether oxygens (including phenoxy) is 2. The summed E-state index contributed by atoms with van der Waals surface area (Å²) in [6.45, 7) is 5.24. The van der Waals surface area contributed by atoms with Crippen molar-refractivity contribution in [2.24, 2.45) is 11.8 Å². The average molecular weight is 302 g/mol. The fourth-order valence-electron chi connectivity index (χ4n) is 4.04. The Balaban J connectivity index is 2.14. The van der Waals surface area contributed by atoms with Gasteiger partial charge < -0.3 is 9.47 Å². The second-order valence-electron chi connectivity index (χ2n) is 6.21. The first-order chi connectivity index (χ1) is 9.65. The molecule has 0 amide bonds. The molecule has 0 saturated carbocycles. The van der Waals surface area contributed by atoms with Crippen molar-refractivity contribution in [2.45, 2.75) is 63.2 Å². The van der Waals surface area contributed by atoms with Crippen molar-refractivity contribution < 1.29 is 9.47 Å². The van der Waals surface area contributed by atoms with Gasteiger partial charge in [-0.2, -0.15) is 11.8 Å². The molecule has 3 atom stereocenters. The van der Waals surface area contributed by atoms with E-state index in [4.69, 9.17) is 15.3 Å². The van der Waals surface area contributed by atoms with Crippen LogP contribution in [0.3, 0.4) is 0 Å². The monoisotopic (exact) mass is 302 g/mol. The van der Waals surface area contributed by atoms with Crippen molar-refractivity contribution >= 4 is 11.8 Å². The third-order valence-electron chi connectivity index (χ3n) is 5.42. The number of methoxy groups -OCH3 is 1. The van der Waals surface area contributed by atoms with Crippen molar-refractivity contribution in [1.82, 2.24) is 5.43 Å². The number of nitrogens with two attached hydrogens (primary N) is 1. The summed E-state index contributed by atoms with van der Waals surface area (Å²) in [7, 11) is 1.82. The Morgan fingerprint density at radius 3 is 2.75 bits per heavy atom. The van der Waals surface area contributed by atoms with Crippen LogP contribution in [0.4, 0.5) is 0 Å². The van der Waals surface area contributed by atoms with E-state index < -0.39 is 0 Å². The smallest absolute Gasteiger partial charge is 0.0841 e. The summed E-state index contributed by atoms with van der Waals surface area (Å²) in [5, 5.41) is 0. The average Bonchev–Trinajstić information content (AvgIpc) is 2.92. The normalized spacial score (nSPS) is 32.7. The Kier molecular flexibility index (Phi) is 5.77. The summed E-state index contributed by atoms with van der Waals surface area (Å²) < 4.78 is 12.0. The van der Waals surface area contributed by atoms with Gasteiger partial charge >= 0.3 is 0 Å². The molecule has 0 bridgehead atoms. The summed E-state index contributed by atoms with van der Waals surface area (Å²) in [4.78, 5) is 0. The molecule has 2 heterocycles. The van der Waals surface area contributed by atoms with Crippen LogP contribution in [0.25, 0.3) is 0 Å². The number of hydrazine groups is 1. The van der Waals surface area contributed by atoms with Crippen LogP contribution in [-0.2, 0) is 9.47 Å². The van der Waals surface area contributed by atoms with Gasteiger partial charge in [0, 0.05) is 19.5 Å². The van der Waals surface area contributed by atoms with Gasteiger partial charge in [0.1, 0.15) is 0 Å². The molecule has 2 aliphatic rings. The van der Waals surface area contributed by atoms with E-state index in [1.54, 1.807) is 0 Å². The predicted octanol–water partition coefficient (Wildman–Crippen LogP) is 2.33. The molecule has 0 aromatic carbocycles. The van der Waals surface area contributed by atoms with E-state index in [2.05, 4.69) is 19.3 Å². The molecule has 1 spiro atoms. The molecule has 2 aliphatic heterocycles. The predicted molar refractivity (Wildman–Crippen MR) is 84.8 cm³/mol. The highest BCUT2D eigenvalue weighted by atomic mass is 32.2. The molecule has 2 rings (SSSR count). The van der Waals surface area contributed by atoms with E-state index in [0.717, 1.165) is 38.0 Å². The molecule has 2 fully saturated rings. The van der Waals surface area contributed by atoms with Crippen LogP contribution in [-0.4, -0.2) is 42.5 Å². The van der Waals surface area contributed by atoms with Crippen LogP contribution in [0.2, 0.25) is 0 Å². The van der Waals surface area contributed by atoms with Crippen molar-refractivity contribution in [1.29, 1.82) is 0 Å². The molecule has 0 aromatic rings. The minimum Gasteiger partial charge on any atom is -0.377 e. The number of thioether (sulfide) groups is 1. The molecular weight excluding hydrogens is 272 g/mol. The highest BCUT2D eigenvalue weighted by molar-refractivity contribution is 7.99. The summed E-state index contributed by atoms with van der Waals surface area (Å²) in [5.41, 5.74) is 3.02. The van der Waals surface area contributed by atoms with Gasteiger partial charge in [-0.05, 0) is 43.8 Å². The molecule has 20 heavy (non-hydrogen) atoms. The van der Waals surface area contributed by atoms with Gasteiger partial charge in [-0.1, -0.05) is 13.8 Å². The van der Waals surface area contributed by atoms with E-state index >= 15 is 0 Å². The maximum atomic E-state index is 6.13. The molecule has 2 saturated heterocycles. The number of hydrogen-bond donors (Lipinski definition) is 2. The van der Waals surface area contributed by atoms with Crippen LogP contribution in [0.15, 0.2) is 0 Å². The maximum absolute atomic E-state index is 6.13. The SMILES string of the molecule is CCC(CC)(OC)C(NN)C1CCOC2(CCSC2)C1. The Bertz CT molecular complexity index is 296. The molecule has 0 aromatic heterocycles. The van der Waals surface area contributed by atoms with E-state index in [1.807, 2.05) is 18.9 Å². The lowest BCUT2D eigenvalue weighted by Crippen LogP contribution is -2.60. The third kappa shape index (κ3) is 3.02. The Labute approximate surface area is 127 Å². The van der Waals surface area contributed by atoms with Gasteiger partial charge in [-0.25, -0.2) is 0 Å². The molecule has 5 heteroatoms. The largest absolute Gasteiger partial charge is 0.377 e. The first-order valence-corrected chi connectivity index (χ1v) is 9.04. The van der Waals surface area contributed by atoms with Gasteiger partial charge in [0.05, 0.1) is 17.2 Å². The van der Waals surface area contributed by atoms with Crippen LogP contribution < -0.4 is 11.3 Å². The molecule has 118 valence electrons. The highest BCUT2D eigenvalue weighted by Crippen LogP contribution is 2.43. The quantitative estimate of drug-likeness (QED) is 0.582. The van der Waals surface area contributed by atoms with Crippen LogP contribution >= 0.6 is 11.8 Å². The lowest BCUT2D eigenvalue weighted by molar-refractivity contribution is -0.119. The van der Waals surface area contributed by atoms with E-state index in [-0.39, 0.29) is 17.2 Å². The van der Waals surface area contributed by atoms with Gasteiger partial charge in [-0.15, -0.1) is 0 Å². The van der Waals surface area contributed by atoms with Gasteiger partial charge in [0.25, 0.3) is 0 Å². The fraction of sp³-hybridized carbons (Fsp3) is 1.00. The van der Waals surface area contributed by atoms with Crippen LogP contribution in [0.1, 0.15) is 46.0 Å². The maximum Gasteiger partial charge on any atom is 0.0841 e. The molecule has 3 N–H and O–H groups in total. The van der Waals surface area contributed by atoms with Crippen molar-refractivity contribution in [2.75, 3.05) is 25.2 Å². The minimum atomic E-state index is -0.163. The third-order valence-corrected chi connectivity index (χ3v) is 6.64.